The van der Waals surface area contributed by atoms with Crippen LogP contribution in [-0.2, 0) is 33.5 Å². The Morgan fingerprint density at radius 1 is 0.968 bits per heavy atom. The molecule has 164 valence electrons. The number of amides is 1. The summed E-state index contributed by atoms with van der Waals surface area (Å²) < 4.78 is 25.5. The summed E-state index contributed by atoms with van der Waals surface area (Å²) in [6, 6.07) is 17.8. The van der Waals surface area contributed by atoms with E-state index in [-0.39, 0.29) is 18.2 Å². The minimum Gasteiger partial charge on any atom is -0.340 e. The van der Waals surface area contributed by atoms with Crippen LogP contribution >= 0.6 is 0 Å². The number of para-hydroxylation sites is 2. The van der Waals surface area contributed by atoms with Crippen molar-refractivity contribution in [3.63, 3.8) is 0 Å². The average molecular weight is 441 g/mol. The number of nitrogens with zero attached hydrogens (tertiary/aromatic N) is 4. The quantitative estimate of drug-likeness (QED) is 0.588. The van der Waals surface area contributed by atoms with Crippen LogP contribution in [0.15, 0.2) is 54.6 Å². The predicted molar refractivity (Wildman–Crippen MR) is 121 cm³/mol. The van der Waals surface area contributed by atoms with E-state index in [4.69, 9.17) is 0 Å². The maximum Gasteiger partial charge on any atom is 0.242 e. The summed E-state index contributed by atoms with van der Waals surface area (Å²) in [6.07, 6.45) is 2.11. The number of rotatable bonds is 6. The smallest absolute Gasteiger partial charge is 0.242 e. The van der Waals surface area contributed by atoms with Crippen molar-refractivity contribution in [3.8, 4) is 0 Å². The second-order valence-electron chi connectivity index (χ2n) is 8.17. The third-order valence-corrected chi connectivity index (χ3v) is 6.39. The molecule has 2 heterocycles. The van der Waals surface area contributed by atoms with Gasteiger partial charge in [-0.3, -0.25) is 9.69 Å². The van der Waals surface area contributed by atoms with Crippen molar-refractivity contribution in [1.29, 1.82) is 0 Å². The number of sulfone groups is 1. The molecule has 7 nitrogen and oxygen atoms in total. The van der Waals surface area contributed by atoms with E-state index in [0.29, 0.717) is 24.4 Å². The van der Waals surface area contributed by atoms with Crippen molar-refractivity contribution in [1.82, 2.24) is 19.4 Å². The Hall–Kier alpha value is -2.71. The largest absolute Gasteiger partial charge is 0.340 e. The molecule has 0 saturated carbocycles. The fraction of sp³-hybridized carbons (Fsp3) is 0.391. The first-order valence-corrected chi connectivity index (χ1v) is 12.6. The standard InChI is InChI=1S/C23H28N4O3S/c1-31(29,30)18-22-24-20-10-5-6-11-21(20)27(22)17-23(28)26-13-7-12-25(14-15-26)16-19-8-3-2-4-9-19/h2-6,8-11H,7,12-18H2,1H3. The molecular formula is C23H28N4O3S. The van der Waals surface area contributed by atoms with Gasteiger partial charge in [-0.25, -0.2) is 13.4 Å². The van der Waals surface area contributed by atoms with Crippen molar-refractivity contribution in [2.75, 3.05) is 32.4 Å². The second kappa shape index (κ2) is 9.20. The first-order chi connectivity index (χ1) is 14.9. The third kappa shape index (κ3) is 5.51. The minimum atomic E-state index is -3.27. The summed E-state index contributed by atoms with van der Waals surface area (Å²) in [5.41, 5.74) is 2.77. The van der Waals surface area contributed by atoms with Gasteiger partial charge in [0, 0.05) is 39.0 Å². The summed E-state index contributed by atoms with van der Waals surface area (Å²) >= 11 is 0. The summed E-state index contributed by atoms with van der Waals surface area (Å²) in [4.78, 5) is 21.9. The Kier molecular flexibility index (Phi) is 6.38. The molecule has 31 heavy (non-hydrogen) atoms. The fourth-order valence-electron chi connectivity index (χ4n) is 4.10. The number of aromatic nitrogens is 2. The van der Waals surface area contributed by atoms with Crippen LogP contribution in [-0.4, -0.2) is 66.1 Å². The van der Waals surface area contributed by atoms with Crippen molar-refractivity contribution < 1.29 is 13.2 Å². The van der Waals surface area contributed by atoms with Gasteiger partial charge in [-0.1, -0.05) is 42.5 Å². The molecule has 1 fully saturated rings. The molecule has 0 unspecified atom stereocenters. The number of carbonyl (C=O) groups excluding carboxylic acids is 1. The average Bonchev–Trinajstić information content (AvgIpc) is 2.90. The number of carbonyl (C=O) groups is 1. The molecule has 0 bridgehead atoms. The first-order valence-electron chi connectivity index (χ1n) is 10.5. The zero-order valence-corrected chi connectivity index (χ0v) is 18.6. The Labute approximate surface area is 183 Å². The van der Waals surface area contributed by atoms with E-state index in [1.165, 1.54) is 11.8 Å². The molecule has 0 spiro atoms. The van der Waals surface area contributed by atoms with Crippen molar-refractivity contribution in [2.24, 2.45) is 0 Å². The maximum absolute atomic E-state index is 13.2. The molecule has 8 heteroatoms. The molecule has 2 aromatic carbocycles. The minimum absolute atomic E-state index is 0.000495. The first kappa shape index (κ1) is 21.5. The van der Waals surface area contributed by atoms with Crippen LogP contribution in [0.5, 0.6) is 0 Å². The van der Waals surface area contributed by atoms with Gasteiger partial charge in [0.15, 0.2) is 9.84 Å². The van der Waals surface area contributed by atoms with Gasteiger partial charge in [-0.2, -0.15) is 0 Å². The topological polar surface area (TPSA) is 75.5 Å². The van der Waals surface area contributed by atoms with E-state index in [9.17, 15) is 13.2 Å². The molecule has 4 rings (SSSR count). The molecule has 1 aliphatic heterocycles. The van der Waals surface area contributed by atoms with Crippen LogP contribution in [0.3, 0.4) is 0 Å². The van der Waals surface area contributed by atoms with Crippen molar-refractivity contribution in [2.45, 2.75) is 25.3 Å². The monoisotopic (exact) mass is 440 g/mol. The molecular weight excluding hydrogens is 412 g/mol. The molecule has 1 aliphatic rings. The summed E-state index contributed by atoms with van der Waals surface area (Å²) in [6.45, 7) is 4.13. The predicted octanol–water partition coefficient (Wildman–Crippen LogP) is 2.32. The Morgan fingerprint density at radius 3 is 2.48 bits per heavy atom. The molecule has 1 aromatic heterocycles. The third-order valence-electron chi connectivity index (χ3n) is 5.61. The van der Waals surface area contributed by atoms with Gasteiger partial charge in [-0.05, 0) is 24.1 Å². The Morgan fingerprint density at radius 2 is 1.71 bits per heavy atom. The van der Waals surface area contributed by atoms with Crippen LogP contribution < -0.4 is 0 Å². The Balaban J connectivity index is 1.47. The number of benzene rings is 2. The summed E-state index contributed by atoms with van der Waals surface area (Å²) in [7, 11) is -3.27. The zero-order valence-electron chi connectivity index (χ0n) is 17.8. The highest BCUT2D eigenvalue weighted by molar-refractivity contribution is 7.89. The van der Waals surface area contributed by atoms with E-state index >= 15 is 0 Å². The van der Waals surface area contributed by atoms with Crippen LogP contribution in [0.2, 0.25) is 0 Å². The Bertz CT molecular complexity index is 1160. The molecule has 0 aliphatic carbocycles. The SMILES string of the molecule is CS(=O)(=O)Cc1nc2ccccc2n1CC(=O)N1CCCN(Cc2ccccc2)CC1. The summed E-state index contributed by atoms with van der Waals surface area (Å²) in [5.74, 6) is 0.233. The lowest BCUT2D eigenvalue weighted by molar-refractivity contribution is -0.131. The number of imidazole rings is 1. The van der Waals surface area contributed by atoms with Crippen LogP contribution in [0.1, 0.15) is 17.8 Å². The van der Waals surface area contributed by atoms with Gasteiger partial charge >= 0.3 is 0 Å². The van der Waals surface area contributed by atoms with E-state index in [1.807, 2.05) is 47.4 Å². The molecule has 1 saturated heterocycles. The van der Waals surface area contributed by atoms with Gasteiger partial charge in [0.1, 0.15) is 18.1 Å². The highest BCUT2D eigenvalue weighted by atomic mass is 32.2. The molecule has 0 atom stereocenters. The van der Waals surface area contributed by atoms with E-state index < -0.39 is 9.84 Å². The molecule has 3 aromatic rings. The van der Waals surface area contributed by atoms with Crippen LogP contribution in [0.25, 0.3) is 11.0 Å². The number of fused-ring (bicyclic) bond motifs is 1. The molecule has 1 amide bonds. The highest BCUT2D eigenvalue weighted by Gasteiger charge is 2.22. The number of hydrogen-bond donors (Lipinski definition) is 0. The highest BCUT2D eigenvalue weighted by Crippen LogP contribution is 2.18. The lowest BCUT2D eigenvalue weighted by atomic mass is 10.2. The lowest BCUT2D eigenvalue weighted by Gasteiger charge is -2.23. The van der Waals surface area contributed by atoms with Crippen LogP contribution in [0.4, 0.5) is 0 Å². The fourth-order valence-corrected chi connectivity index (χ4v) is 4.79. The molecule has 0 radical (unpaired) electrons. The van der Waals surface area contributed by atoms with Gasteiger partial charge < -0.3 is 9.47 Å². The zero-order chi connectivity index (χ0) is 21.8. The molecule has 0 N–H and O–H groups in total. The van der Waals surface area contributed by atoms with Gasteiger partial charge in [0.2, 0.25) is 5.91 Å². The van der Waals surface area contributed by atoms with E-state index in [0.717, 1.165) is 31.6 Å². The van der Waals surface area contributed by atoms with E-state index in [2.05, 4.69) is 22.0 Å². The number of hydrogen-bond acceptors (Lipinski definition) is 5. The van der Waals surface area contributed by atoms with Crippen LogP contribution in [0, 0.1) is 0 Å². The maximum atomic E-state index is 13.2. The van der Waals surface area contributed by atoms with Gasteiger partial charge in [-0.15, -0.1) is 0 Å². The lowest BCUT2D eigenvalue weighted by Crippen LogP contribution is -2.37. The van der Waals surface area contributed by atoms with Gasteiger partial charge in [0.25, 0.3) is 0 Å². The summed E-state index contributed by atoms with van der Waals surface area (Å²) in [5, 5.41) is 0. The van der Waals surface area contributed by atoms with Crippen molar-refractivity contribution >= 4 is 26.8 Å². The normalized spacial score (nSPS) is 15.8. The second-order valence-corrected chi connectivity index (χ2v) is 10.3. The van der Waals surface area contributed by atoms with Gasteiger partial charge in [0.05, 0.1) is 11.0 Å². The van der Waals surface area contributed by atoms with E-state index in [1.54, 1.807) is 4.57 Å². The van der Waals surface area contributed by atoms with Crippen molar-refractivity contribution in [3.05, 3.63) is 66.0 Å².